The van der Waals surface area contributed by atoms with E-state index in [-0.39, 0.29) is 16.3 Å². The molecule has 0 saturated heterocycles. The molecule has 0 unspecified atom stereocenters. The van der Waals surface area contributed by atoms with Crippen molar-refractivity contribution in [2.24, 2.45) is 0 Å². The highest BCUT2D eigenvalue weighted by Crippen LogP contribution is 2.34. The van der Waals surface area contributed by atoms with E-state index in [1.165, 1.54) is 19.2 Å². The van der Waals surface area contributed by atoms with Crippen LogP contribution in [0.5, 0.6) is 17.2 Å². The average molecular weight is 437 g/mol. The smallest absolute Gasteiger partial charge is 0.259 e. The number of halogens is 3. The highest BCUT2D eigenvalue weighted by Gasteiger charge is 2.17. The number of hydrogen-bond donors (Lipinski definition) is 1. The number of amides is 1. The van der Waals surface area contributed by atoms with Crippen LogP contribution in [0.4, 0.5) is 5.69 Å². The molecule has 0 aliphatic rings. The molecule has 0 aliphatic carbocycles. The van der Waals surface area contributed by atoms with E-state index in [1.807, 2.05) is 31.2 Å². The Morgan fingerprint density at radius 2 is 1.64 bits per heavy atom. The molecular formula is C21H16Cl3NO3. The Balaban J connectivity index is 1.79. The third-order valence-electron chi connectivity index (χ3n) is 3.90. The van der Waals surface area contributed by atoms with E-state index in [1.54, 1.807) is 18.2 Å². The monoisotopic (exact) mass is 435 g/mol. The van der Waals surface area contributed by atoms with Crippen molar-refractivity contribution in [3.63, 3.8) is 0 Å². The first-order valence-corrected chi connectivity index (χ1v) is 9.39. The summed E-state index contributed by atoms with van der Waals surface area (Å²) in [6, 6.07) is 15.6. The van der Waals surface area contributed by atoms with Crippen LogP contribution in [-0.4, -0.2) is 13.0 Å². The van der Waals surface area contributed by atoms with E-state index >= 15 is 0 Å². The maximum Gasteiger partial charge on any atom is 0.259 e. The molecule has 0 aliphatic heterocycles. The Hall–Kier alpha value is -2.40. The average Bonchev–Trinajstić information content (AvgIpc) is 2.65. The lowest BCUT2D eigenvalue weighted by Crippen LogP contribution is -2.13. The van der Waals surface area contributed by atoms with Crippen LogP contribution in [0, 0.1) is 6.92 Å². The Bertz CT molecular complexity index is 1020. The first kappa shape index (κ1) is 20.3. The van der Waals surface area contributed by atoms with Gasteiger partial charge in [-0.05, 0) is 49.4 Å². The minimum atomic E-state index is -0.426. The Kier molecular flexibility index (Phi) is 6.35. The fraction of sp³-hybridized carbons (Fsp3) is 0.0952. The molecule has 7 heteroatoms. The summed E-state index contributed by atoms with van der Waals surface area (Å²) in [5, 5.41) is 3.69. The van der Waals surface area contributed by atoms with E-state index < -0.39 is 5.91 Å². The Labute approximate surface area is 177 Å². The third-order valence-corrected chi connectivity index (χ3v) is 4.69. The second kappa shape index (κ2) is 8.74. The Morgan fingerprint density at radius 1 is 0.929 bits per heavy atom. The number of methoxy groups -OCH3 is 1. The van der Waals surface area contributed by atoms with Crippen LogP contribution in [0.1, 0.15) is 15.9 Å². The van der Waals surface area contributed by atoms with Gasteiger partial charge in [-0.15, -0.1) is 0 Å². The van der Waals surface area contributed by atoms with Gasteiger partial charge in [0.15, 0.2) is 0 Å². The van der Waals surface area contributed by atoms with E-state index in [4.69, 9.17) is 44.3 Å². The molecule has 0 atom stereocenters. The number of carbonyl (C=O) groups excluding carboxylic acids is 1. The molecule has 3 rings (SSSR count). The lowest BCUT2D eigenvalue weighted by molar-refractivity contribution is 0.102. The highest BCUT2D eigenvalue weighted by molar-refractivity contribution is 6.36. The van der Waals surface area contributed by atoms with Gasteiger partial charge in [-0.25, -0.2) is 0 Å². The Morgan fingerprint density at radius 3 is 2.29 bits per heavy atom. The van der Waals surface area contributed by atoms with Crippen LogP contribution in [0.3, 0.4) is 0 Å². The summed E-state index contributed by atoms with van der Waals surface area (Å²) < 4.78 is 11.0. The van der Waals surface area contributed by atoms with Gasteiger partial charge in [0.2, 0.25) is 0 Å². The zero-order valence-electron chi connectivity index (χ0n) is 15.1. The number of carbonyl (C=O) groups is 1. The summed E-state index contributed by atoms with van der Waals surface area (Å²) in [5.74, 6) is 0.966. The van der Waals surface area contributed by atoms with Crippen molar-refractivity contribution in [1.82, 2.24) is 0 Å². The molecule has 0 heterocycles. The van der Waals surface area contributed by atoms with Crippen molar-refractivity contribution in [1.29, 1.82) is 0 Å². The van der Waals surface area contributed by atoms with Crippen molar-refractivity contribution in [3.05, 3.63) is 80.8 Å². The van der Waals surface area contributed by atoms with Crippen LogP contribution in [-0.2, 0) is 0 Å². The van der Waals surface area contributed by atoms with Crippen LogP contribution in [0.2, 0.25) is 15.1 Å². The van der Waals surface area contributed by atoms with Crippen LogP contribution in [0.15, 0.2) is 54.6 Å². The SMILES string of the molecule is COc1c(Cl)cc(Cl)cc1C(=O)Nc1ccc(Oc2ccc(C)cc2)c(Cl)c1. The van der Waals surface area contributed by atoms with E-state index in [0.717, 1.165) is 5.56 Å². The number of nitrogens with one attached hydrogen (secondary N) is 1. The number of hydrogen-bond acceptors (Lipinski definition) is 3. The summed E-state index contributed by atoms with van der Waals surface area (Å²) in [6.07, 6.45) is 0. The predicted octanol–water partition coefficient (Wildman–Crippen LogP) is 7.01. The second-order valence-corrected chi connectivity index (χ2v) is 7.23. The zero-order chi connectivity index (χ0) is 20.3. The van der Waals surface area contributed by atoms with Crippen LogP contribution >= 0.6 is 34.8 Å². The predicted molar refractivity (Wildman–Crippen MR) is 114 cm³/mol. The molecule has 0 bridgehead atoms. The quantitative estimate of drug-likeness (QED) is 0.468. The van der Waals surface area contributed by atoms with Gasteiger partial charge in [0.25, 0.3) is 5.91 Å². The maximum atomic E-state index is 12.6. The van der Waals surface area contributed by atoms with E-state index in [0.29, 0.717) is 27.2 Å². The summed E-state index contributed by atoms with van der Waals surface area (Å²) >= 11 is 18.4. The summed E-state index contributed by atoms with van der Waals surface area (Å²) in [7, 11) is 1.43. The normalized spacial score (nSPS) is 10.5. The fourth-order valence-electron chi connectivity index (χ4n) is 2.53. The molecule has 0 spiro atoms. The lowest BCUT2D eigenvalue weighted by atomic mass is 10.1. The molecule has 28 heavy (non-hydrogen) atoms. The van der Waals surface area contributed by atoms with Gasteiger partial charge in [0.05, 0.1) is 22.7 Å². The zero-order valence-corrected chi connectivity index (χ0v) is 17.3. The molecule has 0 aromatic heterocycles. The molecule has 3 aromatic carbocycles. The van der Waals surface area contributed by atoms with Crippen LogP contribution < -0.4 is 14.8 Å². The first-order valence-electron chi connectivity index (χ1n) is 8.26. The minimum Gasteiger partial charge on any atom is -0.494 e. The molecule has 144 valence electrons. The molecule has 4 nitrogen and oxygen atoms in total. The summed E-state index contributed by atoms with van der Waals surface area (Å²) in [5.41, 5.74) is 1.84. The molecule has 1 amide bonds. The molecular weight excluding hydrogens is 421 g/mol. The second-order valence-electron chi connectivity index (χ2n) is 5.98. The topological polar surface area (TPSA) is 47.6 Å². The number of rotatable bonds is 5. The van der Waals surface area contributed by atoms with Gasteiger partial charge < -0.3 is 14.8 Å². The number of benzene rings is 3. The summed E-state index contributed by atoms with van der Waals surface area (Å²) in [6.45, 7) is 2.00. The van der Waals surface area contributed by atoms with Gasteiger partial charge >= 0.3 is 0 Å². The molecule has 1 N–H and O–H groups in total. The largest absolute Gasteiger partial charge is 0.494 e. The van der Waals surface area contributed by atoms with Crippen molar-refractivity contribution in [2.75, 3.05) is 12.4 Å². The van der Waals surface area contributed by atoms with E-state index in [9.17, 15) is 4.79 Å². The van der Waals surface area contributed by atoms with Gasteiger partial charge in [-0.1, -0.05) is 52.5 Å². The standard InChI is InChI=1S/C21H16Cl3NO3/c1-12-3-6-15(7-4-12)28-19-8-5-14(11-17(19)23)25-21(26)16-9-13(22)10-18(24)20(16)27-2/h3-11H,1-2H3,(H,25,26). The van der Waals surface area contributed by atoms with E-state index in [2.05, 4.69) is 5.32 Å². The van der Waals surface area contributed by atoms with Crippen LogP contribution in [0.25, 0.3) is 0 Å². The van der Waals surface area contributed by atoms with Gasteiger partial charge in [-0.2, -0.15) is 0 Å². The third kappa shape index (κ3) is 4.71. The number of ether oxygens (including phenoxy) is 2. The summed E-state index contributed by atoms with van der Waals surface area (Å²) in [4.78, 5) is 12.6. The van der Waals surface area contributed by atoms with Gasteiger partial charge in [0, 0.05) is 10.7 Å². The number of aryl methyl sites for hydroxylation is 1. The highest BCUT2D eigenvalue weighted by atomic mass is 35.5. The van der Waals surface area contributed by atoms with Crippen molar-refractivity contribution >= 4 is 46.4 Å². The lowest BCUT2D eigenvalue weighted by Gasteiger charge is -2.13. The molecule has 3 aromatic rings. The molecule has 0 radical (unpaired) electrons. The minimum absolute atomic E-state index is 0.219. The molecule has 0 fully saturated rings. The van der Waals surface area contributed by atoms with Crippen molar-refractivity contribution < 1.29 is 14.3 Å². The van der Waals surface area contributed by atoms with Gasteiger partial charge in [-0.3, -0.25) is 4.79 Å². The van der Waals surface area contributed by atoms with Gasteiger partial charge in [0.1, 0.15) is 17.2 Å². The van der Waals surface area contributed by atoms with Crippen molar-refractivity contribution in [3.8, 4) is 17.2 Å². The maximum absolute atomic E-state index is 12.6. The molecule has 0 saturated carbocycles. The first-order chi connectivity index (χ1) is 13.4. The number of anilines is 1. The fourth-order valence-corrected chi connectivity index (χ4v) is 3.32. The van der Waals surface area contributed by atoms with Crippen molar-refractivity contribution in [2.45, 2.75) is 6.92 Å².